The van der Waals surface area contributed by atoms with Crippen molar-refractivity contribution < 1.29 is 17.5 Å². The summed E-state index contributed by atoms with van der Waals surface area (Å²) < 4.78 is 45.6. The van der Waals surface area contributed by atoms with Crippen LogP contribution in [0.5, 0.6) is 5.75 Å². The van der Waals surface area contributed by atoms with E-state index in [0.29, 0.717) is 26.1 Å². The van der Waals surface area contributed by atoms with E-state index in [1.807, 2.05) is 18.2 Å². The van der Waals surface area contributed by atoms with Crippen LogP contribution >= 0.6 is 0 Å². The van der Waals surface area contributed by atoms with Crippen molar-refractivity contribution >= 4 is 15.7 Å². The Morgan fingerprint density at radius 2 is 2.04 bits per heavy atom. The number of benzene rings is 2. The van der Waals surface area contributed by atoms with Gasteiger partial charge in [0.2, 0.25) is 10.0 Å². The Labute approximate surface area is 159 Å². The molecule has 0 spiro atoms. The van der Waals surface area contributed by atoms with Crippen molar-refractivity contribution in [2.75, 3.05) is 23.2 Å². The largest absolute Gasteiger partial charge is 0.493 e. The summed E-state index contributed by atoms with van der Waals surface area (Å²) in [6, 6.07) is 12.9. The molecule has 2 aromatic carbocycles. The second kappa shape index (κ2) is 7.48. The normalized spacial score (nSPS) is 21.4. The Morgan fingerprint density at radius 1 is 1.19 bits per heavy atom. The van der Waals surface area contributed by atoms with E-state index >= 15 is 0 Å². The molecular formula is C20H23FN2O3S. The molecule has 1 saturated heterocycles. The molecule has 0 aliphatic carbocycles. The van der Waals surface area contributed by atoms with E-state index in [2.05, 4.69) is 11.4 Å². The maximum absolute atomic E-state index is 14.6. The highest BCUT2D eigenvalue weighted by atomic mass is 32.2. The fourth-order valence-corrected chi connectivity index (χ4v) is 5.32. The summed E-state index contributed by atoms with van der Waals surface area (Å²) >= 11 is 0. The standard InChI is InChI=1S/C20H23FN2O3S/c21-17-13-15(8-9-19(17)23-10-4-12-27(23,24)25)14-22-18-6-3-11-26-20-7-2-1-5-16(18)20/h1-2,5,7-9,13,18,22H,3-4,6,10-12,14H2. The minimum absolute atomic E-state index is 0.0822. The van der Waals surface area contributed by atoms with Crippen LogP contribution in [0.1, 0.15) is 36.4 Å². The first kappa shape index (κ1) is 18.3. The Hall–Kier alpha value is -2.12. The molecular weight excluding hydrogens is 367 g/mol. The molecule has 2 heterocycles. The van der Waals surface area contributed by atoms with Gasteiger partial charge in [-0.3, -0.25) is 4.31 Å². The number of sulfonamides is 1. The zero-order valence-electron chi connectivity index (χ0n) is 15.0. The third-order valence-electron chi connectivity index (χ3n) is 5.12. The van der Waals surface area contributed by atoms with Crippen LogP contribution in [-0.4, -0.2) is 27.3 Å². The highest BCUT2D eigenvalue weighted by Gasteiger charge is 2.30. The Bertz CT molecular complexity index is 933. The summed E-state index contributed by atoms with van der Waals surface area (Å²) in [7, 11) is -3.38. The van der Waals surface area contributed by atoms with Gasteiger partial charge in [0.05, 0.1) is 18.0 Å². The molecule has 0 aromatic heterocycles. The molecule has 1 atom stereocenters. The van der Waals surface area contributed by atoms with Gasteiger partial charge in [0.15, 0.2) is 0 Å². The predicted octanol–water partition coefficient (Wildman–Crippen LogP) is 3.37. The van der Waals surface area contributed by atoms with Crippen molar-refractivity contribution in [1.29, 1.82) is 0 Å². The van der Waals surface area contributed by atoms with Crippen molar-refractivity contribution in [3.8, 4) is 5.75 Å². The van der Waals surface area contributed by atoms with Crippen molar-refractivity contribution in [2.24, 2.45) is 0 Å². The van der Waals surface area contributed by atoms with Crippen LogP contribution in [0.15, 0.2) is 42.5 Å². The number of halogens is 1. The first-order valence-corrected chi connectivity index (χ1v) is 10.9. The fraction of sp³-hybridized carbons (Fsp3) is 0.400. The van der Waals surface area contributed by atoms with E-state index in [-0.39, 0.29) is 17.5 Å². The molecule has 2 aliphatic heterocycles. The lowest BCUT2D eigenvalue weighted by molar-refractivity contribution is 0.315. The molecule has 1 unspecified atom stereocenters. The Kier molecular flexibility index (Phi) is 5.06. The topological polar surface area (TPSA) is 58.6 Å². The summed E-state index contributed by atoms with van der Waals surface area (Å²) in [6.07, 6.45) is 2.43. The van der Waals surface area contributed by atoms with Crippen LogP contribution in [0.25, 0.3) is 0 Å². The lowest BCUT2D eigenvalue weighted by Gasteiger charge is -2.20. The second-order valence-corrected chi connectivity index (χ2v) is 9.00. The number of fused-ring (bicyclic) bond motifs is 1. The van der Waals surface area contributed by atoms with E-state index in [0.717, 1.165) is 29.7 Å². The van der Waals surface area contributed by atoms with Crippen LogP contribution in [0, 0.1) is 5.82 Å². The van der Waals surface area contributed by atoms with E-state index in [1.165, 1.54) is 10.4 Å². The molecule has 7 heteroatoms. The number of nitrogens with zero attached hydrogens (tertiary/aromatic N) is 1. The van der Waals surface area contributed by atoms with Gasteiger partial charge in [-0.25, -0.2) is 12.8 Å². The first-order chi connectivity index (χ1) is 13.0. The smallest absolute Gasteiger partial charge is 0.235 e. The fourth-order valence-electron chi connectivity index (χ4n) is 3.75. The van der Waals surface area contributed by atoms with E-state index < -0.39 is 15.8 Å². The van der Waals surface area contributed by atoms with Crippen molar-refractivity contribution in [1.82, 2.24) is 5.32 Å². The Balaban J connectivity index is 1.49. The zero-order chi connectivity index (χ0) is 18.9. The molecule has 144 valence electrons. The summed E-state index contributed by atoms with van der Waals surface area (Å²) in [5.41, 5.74) is 2.05. The zero-order valence-corrected chi connectivity index (χ0v) is 15.8. The van der Waals surface area contributed by atoms with Crippen LogP contribution in [0.4, 0.5) is 10.1 Å². The quantitative estimate of drug-likeness (QED) is 0.870. The van der Waals surface area contributed by atoms with Gasteiger partial charge in [-0.1, -0.05) is 24.3 Å². The SMILES string of the molecule is O=S1(=O)CCCN1c1ccc(CNC2CCCOc3ccccc32)cc1F. The average molecular weight is 390 g/mol. The minimum Gasteiger partial charge on any atom is -0.493 e. The number of para-hydroxylation sites is 1. The highest BCUT2D eigenvalue weighted by molar-refractivity contribution is 7.93. The second-order valence-electron chi connectivity index (χ2n) is 6.99. The molecule has 0 radical (unpaired) electrons. The molecule has 4 rings (SSSR count). The van der Waals surface area contributed by atoms with Gasteiger partial charge in [0, 0.05) is 24.7 Å². The van der Waals surface area contributed by atoms with E-state index in [1.54, 1.807) is 12.1 Å². The van der Waals surface area contributed by atoms with Crippen LogP contribution in [0.3, 0.4) is 0 Å². The number of hydrogen-bond acceptors (Lipinski definition) is 4. The van der Waals surface area contributed by atoms with Gasteiger partial charge in [-0.2, -0.15) is 0 Å². The first-order valence-electron chi connectivity index (χ1n) is 9.28. The number of nitrogens with one attached hydrogen (secondary N) is 1. The molecule has 2 aliphatic rings. The lowest BCUT2D eigenvalue weighted by Crippen LogP contribution is -2.26. The van der Waals surface area contributed by atoms with Crippen LogP contribution < -0.4 is 14.4 Å². The monoisotopic (exact) mass is 390 g/mol. The van der Waals surface area contributed by atoms with Gasteiger partial charge in [-0.05, 0) is 43.0 Å². The summed E-state index contributed by atoms with van der Waals surface area (Å²) in [6.45, 7) is 1.54. The molecule has 0 amide bonds. The summed E-state index contributed by atoms with van der Waals surface area (Å²) in [4.78, 5) is 0. The molecule has 5 nitrogen and oxygen atoms in total. The predicted molar refractivity (Wildman–Crippen MR) is 103 cm³/mol. The van der Waals surface area contributed by atoms with Gasteiger partial charge in [0.1, 0.15) is 11.6 Å². The minimum atomic E-state index is -3.38. The van der Waals surface area contributed by atoms with Crippen molar-refractivity contribution in [3.05, 3.63) is 59.4 Å². The van der Waals surface area contributed by atoms with Gasteiger partial charge >= 0.3 is 0 Å². The molecule has 27 heavy (non-hydrogen) atoms. The maximum Gasteiger partial charge on any atom is 0.235 e. The number of hydrogen-bond donors (Lipinski definition) is 1. The molecule has 1 N–H and O–H groups in total. The van der Waals surface area contributed by atoms with Gasteiger partial charge < -0.3 is 10.1 Å². The van der Waals surface area contributed by atoms with E-state index in [4.69, 9.17) is 4.74 Å². The Morgan fingerprint density at radius 3 is 2.81 bits per heavy atom. The maximum atomic E-state index is 14.6. The highest BCUT2D eigenvalue weighted by Crippen LogP contribution is 2.32. The van der Waals surface area contributed by atoms with E-state index in [9.17, 15) is 12.8 Å². The molecule has 2 aromatic rings. The number of ether oxygens (including phenoxy) is 1. The number of anilines is 1. The van der Waals surface area contributed by atoms with Gasteiger partial charge in [-0.15, -0.1) is 0 Å². The lowest BCUT2D eigenvalue weighted by atomic mass is 10.0. The van der Waals surface area contributed by atoms with Gasteiger partial charge in [0.25, 0.3) is 0 Å². The van der Waals surface area contributed by atoms with Crippen molar-refractivity contribution in [3.63, 3.8) is 0 Å². The average Bonchev–Trinajstić information content (AvgIpc) is 2.88. The summed E-state index contributed by atoms with van der Waals surface area (Å²) in [5.74, 6) is 0.483. The van der Waals surface area contributed by atoms with Crippen LogP contribution in [0.2, 0.25) is 0 Å². The summed E-state index contributed by atoms with van der Waals surface area (Å²) in [5, 5.41) is 3.49. The third-order valence-corrected chi connectivity index (χ3v) is 6.98. The molecule has 1 fully saturated rings. The molecule has 0 bridgehead atoms. The van der Waals surface area contributed by atoms with Crippen molar-refractivity contribution in [2.45, 2.75) is 31.8 Å². The van der Waals surface area contributed by atoms with Crippen LogP contribution in [-0.2, 0) is 16.6 Å². The third kappa shape index (κ3) is 3.80. The number of rotatable bonds is 4. The molecule has 0 saturated carbocycles.